The first kappa shape index (κ1) is 36.5. The molecule has 0 saturated heterocycles. The molecule has 8 nitrogen and oxygen atoms in total. The zero-order valence-corrected chi connectivity index (χ0v) is 30.4. The van der Waals surface area contributed by atoms with Crippen molar-refractivity contribution in [3.8, 4) is 0 Å². The van der Waals surface area contributed by atoms with Gasteiger partial charge in [-0.2, -0.15) is 0 Å². The first-order valence-electron chi connectivity index (χ1n) is 18.0. The van der Waals surface area contributed by atoms with Gasteiger partial charge in [0.2, 0.25) is 5.91 Å². The molecule has 0 aromatic heterocycles. The molecule has 2 atom stereocenters. The van der Waals surface area contributed by atoms with Gasteiger partial charge in [-0.3, -0.25) is 19.3 Å². The number of benzene rings is 4. The van der Waals surface area contributed by atoms with Crippen molar-refractivity contribution < 1.29 is 24.6 Å². The number of anilines is 3. The normalized spacial score (nSPS) is 17.3. The molecule has 52 heavy (non-hydrogen) atoms. The summed E-state index contributed by atoms with van der Waals surface area (Å²) < 4.78 is 0. The molecule has 0 fully saturated rings. The highest BCUT2D eigenvalue weighted by Gasteiger charge is 2.52. The summed E-state index contributed by atoms with van der Waals surface area (Å²) in [6, 6.07) is 26.5. The molecule has 0 radical (unpaired) electrons. The molecule has 2 aliphatic rings. The van der Waals surface area contributed by atoms with Crippen LogP contribution in [0, 0.1) is 5.92 Å². The Morgan fingerprint density at radius 2 is 1.67 bits per heavy atom. The molecule has 8 heteroatoms. The summed E-state index contributed by atoms with van der Waals surface area (Å²) in [5.74, 6) is -1.52. The fraction of sp³-hybridized carbons (Fsp3) is 0.295. The second-order valence-corrected chi connectivity index (χ2v) is 14.0. The highest BCUT2D eigenvalue weighted by atomic mass is 16.3. The molecule has 4 aromatic carbocycles. The highest BCUT2D eigenvalue weighted by Crippen LogP contribution is 2.49. The van der Waals surface area contributed by atoms with Gasteiger partial charge in [0.1, 0.15) is 0 Å². The van der Waals surface area contributed by atoms with E-state index in [0.29, 0.717) is 29.0 Å². The van der Waals surface area contributed by atoms with Gasteiger partial charge in [-0.15, -0.1) is 0 Å². The number of carbonyl (C=O) groups is 3. The predicted octanol–water partition coefficient (Wildman–Crippen LogP) is 7.96. The molecule has 2 heterocycles. The smallest absolute Gasteiger partial charge is 0.264 e. The molecule has 2 aliphatic heterocycles. The van der Waals surface area contributed by atoms with Crippen LogP contribution in [0.25, 0.3) is 10.8 Å². The van der Waals surface area contributed by atoms with Crippen LogP contribution in [0.3, 0.4) is 0 Å². The SMILES string of the molecule is CC(C)=CCC/C(C)=C/CN1C(=O)[C@@](O)([C@@H](C)/C=C/CC(=O)N(CCO)Cc2ccccc2)c2cc(N3C(=O)c4cccc5cccc3c45)ccc21. The molecule has 0 saturated carbocycles. The Bertz CT molecular complexity index is 2080. The number of carbonyl (C=O) groups excluding carboxylic acids is 3. The summed E-state index contributed by atoms with van der Waals surface area (Å²) >= 11 is 0. The second-order valence-electron chi connectivity index (χ2n) is 14.0. The molecule has 2 N–H and O–H groups in total. The standard InChI is InChI=1S/C44H47N3O5/c1-30(2)12-8-13-31(3)24-25-46-38-23-22-35(47-39-20-11-18-34-17-10-19-36(41(34)39)42(47)50)28-37(38)44(52,43(46)51)32(4)14-9-21-40(49)45(26-27-48)29-33-15-6-5-7-16-33/h5-7,9-12,14-20,22-24,28,32,48,52H,8,13,21,25-27,29H2,1-4H3/b14-9+,31-24+/t32-,44+/m0/s1. The first-order chi connectivity index (χ1) is 25.0. The van der Waals surface area contributed by atoms with Crippen molar-refractivity contribution in [3.63, 3.8) is 0 Å². The van der Waals surface area contributed by atoms with Crippen molar-refractivity contribution in [2.24, 2.45) is 5.92 Å². The van der Waals surface area contributed by atoms with Crippen molar-refractivity contribution in [3.05, 3.63) is 137 Å². The van der Waals surface area contributed by atoms with E-state index in [9.17, 15) is 24.6 Å². The van der Waals surface area contributed by atoms with Crippen LogP contribution in [0.1, 0.15) is 68.4 Å². The van der Waals surface area contributed by atoms with E-state index < -0.39 is 17.4 Å². The Morgan fingerprint density at radius 3 is 2.40 bits per heavy atom. The van der Waals surface area contributed by atoms with Crippen LogP contribution in [-0.4, -0.2) is 52.5 Å². The monoisotopic (exact) mass is 697 g/mol. The van der Waals surface area contributed by atoms with Gasteiger partial charge in [0, 0.05) is 48.6 Å². The van der Waals surface area contributed by atoms with Gasteiger partial charge in [-0.1, -0.05) is 97.0 Å². The van der Waals surface area contributed by atoms with Crippen LogP contribution in [-0.2, 0) is 21.7 Å². The van der Waals surface area contributed by atoms with E-state index in [1.165, 1.54) is 5.57 Å². The number of rotatable bonds is 14. The number of aliphatic hydroxyl groups is 2. The quantitative estimate of drug-likeness (QED) is 0.130. The number of aliphatic hydroxyl groups excluding tert-OH is 1. The number of allylic oxidation sites excluding steroid dienone is 3. The maximum atomic E-state index is 14.4. The number of nitrogens with zero attached hydrogens (tertiary/aromatic N) is 3. The largest absolute Gasteiger partial charge is 0.395 e. The van der Waals surface area contributed by atoms with Crippen LogP contribution in [0.4, 0.5) is 17.1 Å². The van der Waals surface area contributed by atoms with Crippen molar-refractivity contribution >= 4 is 45.6 Å². The van der Waals surface area contributed by atoms with Gasteiger partial charge >= 0.3 is 0 Å². The summed E-state index contributed by atoms with van der Waals surface area (Å²) in [4.78, 5) is 46.4. The van der Waals surface area contributed by atoms with Gasteiger partial charge in [0.25, 0.3) is 11.8 Å². The van der Waals surface area contributed by atoms with E-state index in [0.717, 1.165) is 40.4 Å². The minimum atomic E-state index is -1.95. The number of hydrogen-bond donors (Lipinski definition) is 2. The fourth-order valence-electron chi connectivity index (χ4n) is 7.22. The lowest BCUT2D eigenvalue weighted by molar-refractivity contribution is -0.139. The van der Waals surface area contributed by atoms with E-state index in [4.69, 9.17) is 0 Å². The average molecular weight is 698 g/mol. The van der Waals surface area contributed by atoms with E-state index >= 15 is 0 Å². The molecule has 268 valence electrons. The van der Waals surface area contributed by atoms with Crippen LogP contribution in [0.15, 0.2) is 120 Å². The Balaban J connectivity index is 1.31. The molecule has 3 amide bonds. The first-order valence-corrected chi connectivity index (χ1v) is 18.0. The third-order valence-corrected chi connectivity index (χ3v) is 10.1. The third kappa shape index (κ3) is 7.09. The molecular weight excluding hydrogens is 650 g/mol. The molecule has 6 rings (SSSR count). The van der Waals surface area contributed by atoms with Crippen LogP contribution in [0.5, 0.6) is 0 Å². The van der Waals surface area contributed by atoms with Crippen molar-refractivity contribution in [1.29, 1.82) is 0 Å². The second kappa shape index (κ2) is 15.5. The van der Waals surface area contributed by atoms with E-state index in [1.54, 1.807) is 39.8 Å². The van der Waals surface area contributed by atoms with Gasteiger partial charge in [0.15, 0.2) is 5.60 Å². The lowest BCUT2D eigenvalue weighted by Crippen LogP contribution is -2.44. The summed E-state index contributed by atoms with van der Waals surface area (Å²) in [6.07, 6.45) is 9.43. The fourth-order valence-corrected chi connectivity index (χ4v) is 7.22. The lowest BCUT2D eigenvalue weighted by atomic mass is 9.82. The topological polar surface area (TPSA) is 101 Å². The Morgan fingerprint density at radius 1 is 0.923 bits per heavy atom. The van der Waals surface area contributed by atoms with Gasteiger partial charge in [-0.05, 0) is 74.9 Å². The minimum absolute atomic E-state index is 0.0379. The number of amides is 3. The number of fused-ring (bicyclic) bond motifs is 1. The van der Waals surface area contributed by atoms with E-state index in [1.807, 2.05) is 91.9 Å². The third-order valence-electron chi connectivity index (χ3n) is 10.1. The van der Waals surface area contributed by atoms with Crippen molar-refractivity contribution in [2.45, 2.75) is 59.1 Å². The Hall–Kier alpha value is -5.31. The molecule has 0 aliphatic carbocycles. The predicted molar refractivity (Wildman–Crippen MR) is 207 cm³/mol. The Labute approximate surface area is 306 Å². The van der Waals surface area contributed by atoms with E-state index in [2.05, 4.69) is 19.9 Å². The lowest BCUT2D eigenvalue weighted by Gasteiger charge is -2.28. The van der Waals surface area contributed by atoms with Crippen molar-refractivity contribution in [2.75, 3.05) is 29.5 Å². The molecule has 0 unspecified atom stereocenters. The summed E-state index contributed by atoms with van der Waals surface area (Å²) in [7, 11) is 0. The summed E-state index contributed by atoms with van der Waals surface area (Å²) in [5.41, 5.74) is 4.32. The highest BCUT2D eigenvalue weighted by molar-refractivity contribution is 6.28. The van der Waals surface area contributed by atoms with Gasteiger partial charge in [-0.25, -0.2) is 0 Å². The number of hydrogen-bond acceptors (Lipinski definition) is 5. The van der Waals surface area contributed by atoms with E-state index in [-0.39, 0.29) is 37.9 Å². The molecule has 0 bridgehead atoms. The molecular formula is C44H47N3O5. The van der Waals surface area contributed by atoms with Gasteiger partial charge in [0.05, 0.1) is 23.5 Å². The maximum absolute atomic E-state index is 14.4. The van der Waals surface area contributed by atoms with Crippen LogP contribution >= 0.6 is 0 Å². The minimum Gasteiger partial charge on any atom is -0.395 e. The van der Waals surface area contributed by atoms with Crippen LogP contribution in [0.2, 0.25) is 0 Å². The average Bonchev–Trinajstić information content (AvgIpc) is 3.54. The summed E-state index contributed by atoms with van der Waals surface area (Å²) in [5, 5.41) is 24.0. The zero-order chi connectivity index (χ0) is 37.0. The molecule has 4 aromatic rings. The van der Waals surface area contributed by atoms with Crippen LogP contribution < -0.4 is 9.80 Å². The summed E-state index contributed by atoms with van der Waals surface area (Å²) in [6.45, 7) is 8.65. The molecule has 0 spiro atoms. The zero-order valence-electron chi connectivity index (χ0n) is 30.4. The maximum Gasteiger partial charge on any atom is 0.264 e. The van der Waals surface area contributed by atoms with Gasteiger partial charge < -0.3 is 20.0 Å². The Kier molecular flexibility index (Phi) is 10.9. The van der Waals surface area contributed by atoms with Crippen molar-refractivity contribution in [1.82, 2.24) is 4.90 Å².